The van der Waals surface area contributed by atoms with E-state index in [4.69, 9.17) is 9.47 Å². The SMILES string of the molecule is COc1ccc(-c2cc(C(=O)OC(C)C(=O)N(C)C)sc2C)cc1. The Labute approximate surface area is 145 Å². The van der Waals surface area contributed by atoms with Crippen molar-refractivity contribution < 1.29 is 19.1 Å². The third kappa shape index (κ3) is 3.94. The first-order valence-corrected chi connectivity index (χ1v) is 8.32. The molecule has 1 unspecified atom stereocenters. The molecule has 2 rings (SSSR count). The smallest absolute Gasteiger partial charge is 0.349 e. The number of hydrogen-bond acceptors (Lipinski definition) is 5. The van der Waals surface area contributed by atoms with Crippen molar-refractivity contribution in [3.05, 3.63) is 40.1 Å². The molecule has 1 amide bonds. The first-order valence-electron chi connectivity index (χ1n) is 7.50. The lowest BCUT2D eigenvalue weighted by Gasteiger charge is -2.16. The lowest BCUT2D eigenvalue weighted by atomic mass is 10.1. The van der Waals surface area contributed by atoms with Crippen molar-refractivity contribution in [1.82, 2.24) is 4.90 Å². The van der Waals surface area contributed by atoms with Gasteiger partial charge in [-0.3, -0.25) is 4.79 Å². The molecule has 24 heavy (non-hydrogen) atoms. The number of methoxy groups -OCH3 is 1. The van der Waals surface area contributed by atoms with Gasteiger partial charge < -0.3 is 14.4 Å². The summed E-state index contributed by atoms with van der Waals surface area (Å²) in [4.78, 5) is 27.0. The molecule has 5 nitrogen and oxygen atoms in total. The second kappa shape index (κ2) is 7.49. The summed E-state index contributed by atoms with van der Waals surface area (Å²) in [5.74, 6) is 0.0554. The quantitative estimate of drug-likeness (QED) is 0.778. The summed E-state index contributed by atoms with van der Waals surface area (Å²) in [5, 5.41) is 0. The van der Waals surface area contributed by atoms with Gasteiger partial charge in [0.2, 0.25) is 0 Å². The highest BCUT2D eigenvalue weighted by molar-refractivity contribution is 7.14. The average molecular weight is 347 g/mol. The molecule has 1 aromatic carbocycles. The van der Waals surface area contributed by atoms with E-state index in [2.05, 4.69) is 0 Å². The van der Waals surface area contributed by atoms with Crippen molar-refractivity contribution in [3.63, 3.8) is 0 Å². The topological polar surface area (TPSA) is 55.8 Å². The number of carbonyl (C=O) groups excluding carboxylic acids is 2. The number of thiophene rings is 1. The number of amides is 1. The predicted molar refractivity (Wildman–Crippen MR) is 94.6 cm³/mol. The van der Waals surface area contributed by atoms with Crippen molar-refractivity contribution in [2.24, 2.45) is 0 Å². The van der Waals surface area contributed by atoms with Crippen LogP contribution in [0.4, 0.5) is 0 Å². The van der Waals surface area contributed by atoms with E-state index in [0.29, 0.717) is 4.88 Å². The van der Waals surface area contributed by atoms with Gasteiger partial charge in [0.1, 0.15) is 10.6 Å². The first kappa shape index (κ1) is 18.0. The molecule has 1 atom stereocenters. The Morgan fingerprint density at radius 1 is 1.17 bits per heavy atom. The number of carbonyl (C=O) groups is 2. The zero-order valence-electron chi connectivity index (χ0n) is 14.5. The third-order valence-corrected chi connectivity index (χ3v) is 4.62. The van der Waals surface area contributed by atoms with Crippen LogP contribution in [0, 0.1) is 6.92 Å². The van der Waals surface area contributed by atoms with Crippen LogP contribution in [-0.4, -0.2) is 44.1 Å². The van der Waals surface area contributed by atoms with Crippen LogP contribution in [0.1, 0.15) is 21.5 Å². The molecule has 2 aromatic rings. The van der Waals surface area contributed by atoms with E-state index in [-0.39, 0.29) is 5.91 Å². The number of ether oxygens (including phenoxy) is 2. The number of hydrogen-bond donors (Lipinski definition) is 0. The Morgan fingerprint density at radius 2 is 1.79 bits per heavy atom. The highest BCUT2D eigenvalue weighted by Crippen LogP contribution is 2.32. The van der Waals surface area contributed by atoms with Crippen LogP contribution >= 0.6 is 11.3 Å². The Kier molecular flexibility index (Phi) is 5.62. The van der Waals surface area contributed by atoms with Gasteiger partial charge in [0.15, 0.2) is 6.10 Å². The number of nitrogens with zero attached hydrogens (tertiary/aromatic N) is 1. The predicted octanol–water partition coefficient (Wildman–Crippen LogP) is 3.37. The third-order valence-electron chi connectivity index (χ3n) is 3.59. The van der Waals surface area contributed by atoms with E-state index in [0.717, 1.165) is 21.8 Å². The molecule has 128 valence electrons. The van der Waals surface area contributed by atoms with Crippen molar-refractivity contribution in [2.45, 2.75) is 20.0 Å². The monoisotopic (exact) mass is 347 g/mol. The van der Waals surface area contributed by atoms with Gasteiger partial charge in [-0.15, -0.1) is 11.3 Å². The van der Waals surface area contributed by atoms with Gasteiger partial charge >= 0.3 is 5.97 Å². The van der Waals surface area contributed by atoms with E-state index < -0.39 is 12.1 Å². The highest BCUT2D eigenvalue weighted by atomic mass is 32.1. The van der Waals surface area contributed by atoms with Crippen molar-refractivity contribution in [1.29, 1.82) is 0 Å². The Morgan fingerprint density at radius 3 is 2.33 bits per heavy atom. The Bertz CT molecular complexity index is 734. The van der Waals surface area contributed by atoms with Gasteiger partial charge in [-0.25, -0.2) is 4.79 Å². The molecule has 6 heteroatoms. The Hall–Kier alpha value is -2.34. The standard InChI is InChI=1S/C18H21NO4S/c1-11(17(20)19(3)4)23-18(21)16-10-15(12(2)24-16)13-6-8-14(22-5)9-7-13/h6-11H,1-5H3. The fourth-order valence-corrected chi connectivity index (χ4v) is 3.20. The number of benzene rings is 1. The molecular formula is C18H21NO4S. The molecule has 0 N–H and O–H groups in total. The molecule has 1 heterocycles. The van der Waals surface area contributed by atoms with Crippen molar-refractivity contribution in [2.75, 3.05) is 21.2 Å². The number of likely N-dealkylation sites (N-methyl/N-ethyl adjacent to an activating group) is 1. The minimum Gasteiger partial charge on any atom is -0.497 e. The molecule has 0 saturated heterocycles. The summed E-state index contributed by atoms with van der Waals surface area (Å²) < 4.78 is 10.4. The van der Waals surface area contributed by atoms with Gasteiger partial charge in [0.05, 0.1) is 7.11 Å². The van der Waals surface area contributed by atoms with Crippen LogP contribution in [-0.2, 0) is 9.53 Å². The second-order valence-corrected chi connectivity index (χ2v) is 6.85. The lowest BCUT2D eigenvalue weighted by Crippen LogP contribution is -2.34. The van der Waals surface area contributed by atoms with Crippen LogP contribution < -0.4 is 4.74 Å². The van der Waals surface area contributed by atoms with Gasteiger partial charge in [0.25, 0.3) is 5.91 Å². The Balaban J connectivity index is 2.18. The average Bonchev–Trinajstić information content (AvgIpc) is 2.96. The van der Waals surface area contributed by atoms with E-state index in [1.165, 1.54) is 16.2 Å². The molecule has 0 fully saturated rings. The molecule has 0 radical (unpaired) electrons. The van der Waals surface area contributed by atoms with E-state index in [1.807, 2.05) is 31.2 Å². The van der Waals surface area contributed by atoms with Gasteiger partial charge in [-0.2, -0.15) is 0 Å². The molecular weight excluding hydrogens is 326 g/mol. The zero-order chi connectivity index (χ0) is 17.9. The maximum Gasteiger partial charge on any atom is 0.349 e. The fraction of sp³-hybridized carbons (Fsp3) is 0.333. The molecule has 0 aliphatic heterocycles. The van der Waals surface area contributed by atoms with Crippen LogP contribution in [0.25, 0.3) is 11.1 Å². The molecule has 0 saturated carbocycles. The molecule has 0 bridgehead atoms. The van der Waals surface area contributed by atoms with Crippen LogP contribution in [0.3, 0.4) is 0 Å². The molecule has 0 aliphatic rings. The zero-order valence-corrected chi connectivity index (χ0v) is 15.3. The molecule has 0 aliphatic carbocycles. The van der Waals surface area contributed by atoms with Crippen molar-refractivity contribution in [3.8, 4) is 16.9 Å². The van der Waals surface area contributed by atoms with Crippen LogP contribution in [0.5, 0.6) is 5.75 Å². The largest absolute Gasteiger partial charge is 0.497 e. The minimum absolute atomic E-state index is 0.244. The van der Waals surface area contributed by atoms with E-state index >= 15 is 0 Å². The first-order chi connectivity index (χ1) is 11.3. The normalized spacial score (nSPS) is 11.7. The summed E-state index contributed by atoms with van der Waals surface area (Å²) in [6.07, 6.45) is -0.806. The maximum atomic E-state index is 12.3. The van der Waals surface area contributed by atoms with Crippen molar-refractivity contribution >= 4 is 23.2 Å². The van der Waals surface area contributed by atoms with Crippen LogP contribution in [0.2, 0.25) is 0 Å². The number of aryl methyl sites for hydroxylation is 1. The second-order valence-electron chi connectivity index (χ2n) is 5.59. The fourth-order valence-electron chi connectivity index (χ4n) is 2.27. The summed E-state index contributed by atoms with van der Waals surface area (Å²) in [5.41, 5.74) is 1.97. The lowest BCUT2D eigenvalue weighted by molar-refractivity contribution is -0.137. The minimum atomic E-state index is -0.806. The molecule has 1 aromatic heterocycles. The van der Waals surface area contributed by atoms with Gasteiger partial charge in [0, 0.05) is 19.0 Å². The van der Waals surface area contributed by atoms with E-state index in [9.17, 15) is 9.59 Å². The number of rotatable bonds is 5. The summed E-state index contributed by atoms with van der Waals surface area (Å²) in [7, 11) is 4.88. The summed E-state index contributed by atoms with van der Waals surface area (Å²) in [6, 6.07) is 9.45. The highest BCUT2D eigenvalue weighted by Gasteiger charge is 2.22. The van der Waals surface area contributed by atoms with Gasteiger partial charge in [-0.1, -0.05) is 12.1 Å². The number of esters is 1. The van der Waals surface area contributed by atoms with Crippen LogP contribution in [0.15, 0.2) is 30.3 Å². The summed E-state index contributed by atoms with van der Waals surface area (Å²) in [6.45, 7) is 3.53. The van der Waals surface area contributed by atoms with E-state index in [1.54, 1.807) is 34.2 Å². The maximum absolute atomic E-state index is 12.3. The molecule has 0 spiro atoms. The van der Waals surface area contributed by atoms with Gasteiger partial charge in [-0.05, 0) is 43.2 Å². The summed E-state index contributed by atoms with van der Waals surface area (Å²) >= 11 is 1.36.